The van der Waals surface area contributed by atoms with Crippen molar-refractivity contribution in [3.05, 3.63) is 24.3 Å². The van der Waals surface area contributed by atoms with Gasteiger partial charge < -0.3 is 35.6 Å². The number of aliphatic hydroxyl groups excluding tert-OH is 3. The van der Waals surface area contributed by atoms with Crippen molar-refractivity contribution < 1.29 is 20.1 Å². The van der Waals surface area contributed by atoms with Gasteiger partial charge in [0, 0.05) is 18.6 Å². The lowest BCUT2D eigenvalue weighted by molar-refractivity contribution is -0.0897. The van der Waals surface area contributed by atoms with Crippen molar-refractivity contribution in [3.63, 3.8) is 0 Å². The summed E-state index contributed by atoms with van der Waals surface area (Å²) in [5, 5.41) is 34.8. The van der Waals surface area contributed by atoms with Gasteiger partial charge in [-0.1, -0.05) is 0 Å². The van der Waals surface area contributed by atoms with Gasteiger partial charge in [-0.3, -0.25) is 0 Å². The first-order valence-electron chi connectivity index (χ1n) is 6.03. The van der Waals surface area contributed by atoms with Crippen molar-refractivity contribution in [2.24, 2.45) is 4.99 Å². The van der Waals surface area contributed by atoms with Crippen LogP contribution < -0.4 is 10.6 Å². The van der Waals surface area contributed by atoms with E-state index in [2.05, 4.69) is 15.6 Å². The molecular formula is C11H16N4O4. The van der Waals surface area contributed by atoms with Crippen LogP contribution in [-0.4, -0.2) is 63.9 Å². The SMILES string of the molecule is OC[C@H]1OC(N2C=CNC3=CNC=NC32)[C@H](O)[C@@H]1O. The normalized spacial score (nSPS) is 40.5. The van der Waals surface area contributed by atoms with Gasteiger partial charge in [0.25, 0.3) is 0 Å². The molecule has 8 nitrogen and oxygen atoms in total. The summed E-state index contributed by atoms with van der Waals surface area (Å²) < 4.78 is 5.50. The van der Waals surface area contributed by atoms with Crippen molar-refractivity contribution in [2.75, 3.05) is 6.61 Å². The maximum absolute atomic E-state index is 10.0. The Bertz CT molecular complexity index is 438. The monoisotopic (exact) mass is 268 g/mol. The summed E-state index contributed by atoms with van der Waals surface area (Å²) in [6.45, 7) is -0.345. The second-order valence-electron chi connectivity index (χ2n) is 4.55. The number of fused-ring (bicyclic) bond motifs is 1. The highest BCUT2D eigenvalue weighted by Gasteiger charge is 2.47. The van der Waals surface area contributed by atoms with Gasteiger partial charge in [0.05, 0.1) is 18.6 Å². The predicted molar refractivity (Wildman–Crippen MR) is 65.4 cm³/mol. The lowest BCUT2D eigenvalue weighted by Gasteiger charge is -2.38. The maximum Gasteiger partial charge on any atom is 0.166 e. The van der Waals surface area contributed by atoms with E-state index in [4.69, 9.17) is 9.84 Å². The number of nitrogens with zero attached hydrogens (tertiary/aromatic N) is 2. The molecule has 1 saturated heterocycles. The van der Waals surface area contributed by atoms with Crippen molar-refractivity contribution in [2.45, 2.75) is 30.7 Å². The molecule has 8 heteroatoms. The van der Waals surface area contributed by atoms with Crippen LogP contribution >= 0.6 is 0 Å². The summed E-state index contributed by atoms with van der Waals surface area (Å²) in [6, 6.07) is 0. The van der Waals surface area contributed by atoms with Gasteiger partial charge in [-0.15, -0.1) is 0 Å². The van der Waals surface area contributed by atoms with E-state index in [0.717, 1.165) is 5.70 Å². The largest absolute Gasteiger partial charge is 0.394 e. The van der Waals surface area contributed by atoms with Crippen LogP contribution in [0.4, 0.5) is 0 Å². The topological polar surface area (TPSA) is 110 Å². The van der Waals surface area contributed by atoms with Gasteiger partial charge in [0.15, 0.2) is 12.4 Å². The molecule has 0 amide bonds. The van der Waals surface area contributed by atoms with Crippen molar-refractivity contribution in [1.82, 2.24) is 15.5 Å². The van der Waals surface area contributed by atoms with E-state index in [-0.39, 0.29) is 12.8 Å². The van der Waals surface area contributed by atoms with Crippen LogP contribution in [0.1, 0.15) is 0 Å². The van der Waals surface area contributed by atoms with E-state index in [9.17, 15) is 10.2 Å². The summed E-state index contributed by atoms with van der Waals surface area (Å²) in [4.78, 5) is 5.96. The van der Waals surface area contributed by atoms with Crippen LogP contribution in [-0.2, 0) is 4.74 Å². The van der Waals surface area contributed by atoms with Gasteiger partial charge in [-0.25, -0.2) is 4.99 Å². The molecule has 0 aromatic heterocycles. The Balaban J connectivity index is 1.83. The third-order valence-electron chi connectivity index (χ3n) is 3.40. The van der Waals surface area contributed by atoms with Crippen LogP contribution in [0.25, 0.3) is 0 Å². The third-order valence-corrected chi connectivity index (χ3v) is 3.40. The minimum atomic E-state index is -1.11. The zero-order valence-electron chi connectivity index (χ0n) is 10.0. The van der Waals surface area contributed by atoms with Crippen LogP contribution in [0.2, 0.25) is 0 Å². The zero-order valence-corrected chi connectivity index (χ0v) is 10.0. The molecule has 0 aliphatic carbocycles. The minimum absolute atomic E-state index is 0.345. The first kappa shape index (κ1) is 12.4. The molecule has 0 spiro atoms. The van der Waals surface area contributed by atoms with Gasteiger partial charge in [0.1, 0.15) is 18.3 Å². The van der Waals surface area contributed by atoms with E-state index >= 15 is 0 Å². The van der Waals surface area contributed by atoms with Gasteiger partial charge in [-0.2, -0.15) is 0 Å². The number of hydrogen-bond donors (Lipinski definition) is 5. The molecule has 0 saturated carbocycles. The van der Waals surface area contributed by atoms with Gasteiger partial charge in [-0.05, 0) is 0 Å². The second kappa shape index (κ2) is 4.82. The zero-order chi connectivity index (χ0) is 13.4. The summed E-state index contributed by atoms with van der Waals surface area (Å²) in [7, 11) is 0. The van der Waals surface area contributed by atoms with E-state index in [1.807, 2.05) is 0 Å². The Kier molecular flexibility index (Phi) is 3.15. The van der Waals surface area contributed by atoms with Crippen molar-refractivity contribution >= 4 is 6.34 Å². The quantitative estimate of drug-likeness (QED) is 0.380. The summed E-state index contributed by atoms with van der Waals surface area (Å²) in [5.74, 6) is 0. The Hall–Kier alpha value is -1.61. The van der Waals surface area contributed by atoms with Gasteiger partial charge >= 0.3 is 0 Å². The third kappa shape index (κ3) is 1.98. The Labute approximate surface area is 109 Å². The number of hydrogen-bond acceptors (Lipinski definition) is 8. The molecule has 5 N–H and O–H groups in total. The molecule has 3 heterocycles. The summed E-state index contributed by atoms with van der Waals surface area (Å²) in [6.07, 6.45) is 2.58. The number of nitrogens with one attached hydrogen (secondary N) is 2. The first-order valence-corrected chi connectivity index (χ1v) is 6.03. The predicted octanol–water partition coefficient (Wildman–Crippen LogP) is -2.40. The molecule has 0 aromatic rings. The smallest absolute Gasteiger partial charge is 0.166 e. The van der Waals surface area contributed by atoms with Crippen LogP contribution in [0.3, 0.4) is 0 Å². The molecular weight excluding hydrogens is 252 g/mol. The van der Waals surface area contributed by atoms with Crippen LogP contribution in [0.5, 0.6) is 0 Å². The molecule has 2 unspecified atom stereocenters. The fourth-order valence-corrected chi connectivity index (χ4v) is 2.40. The molecule has 0 bridgehead atoms. The molecule has 104 valence electrons. The Morgan fingerprint density at radius 1 is 1.37 bits per heavy atom. The molecule has 5 atom stereocenters. The second-order valence-corrected chi connectivity index (χ2v) is 4.55. The van der Waals surface area contributed by atoms with Gasteiger partial charge in [0.2, 0.25) is 0 Å². The van der Waals surface area contributed by atoms with Crippen LogP contribution in [0.15, 0.2) is 29.3 Å². The Morgan fingerprint density at radius 3 is 2.95 bits per heavy atom. The lowest BCUT2D eigenvalue weighted by atomic mass is 10.1. The fraction of sp³-hybridized carbons (Fsp3) is 0.545. The molecule has 3 rings (SSSR count). The highest BCUT2D eigenvalue weighted by molar-refractivity contribution is 5.59. The molecule has 0 radical (unpaired) electrons. The fourth-order valence-electron chi connectivity index (χ4n) is 2.40. The number of ether oxygens (including phenoxy) is 1. The standard InChI is InChI=1S/C11H16N4O4/c16-4-7-8(17)9(18)11(19-7)15-2-1-13-6-3-12-5-14-10(6)15/h1-3,5,7-11,13,16-18H,4H2,(H,12,14)/t7-,8-,9-,10?,11?/m1/s1. The highest BCUT2D eigenvalue weighted by Crippen LogP contribution is 2.29. The van der Waals surface area contributed by atoms with Crippen LogP contribution in [0, 0.1) is 0 Å². The van der Waals surface area contributed by atoms with E-state index in [0.29, 0.717) is 0 Å². The molecule has 19 heavy (non-hydrogen) atoms. The molecule has 3 aliphatic heterocycles. The average molecular weight is 268 g/mol. The van der Waals surface area contributed by atoms with Crippen molar-refractivity contribution in [3.8, 4) is 0 Å². The molecule has 1 fully saturated rings. The number of aliphatic imine (C=N–C) groups is 1. The van der Waals surface area contributed by atoms with Crippen molar-refractivity contribution in [1.29, 1.82) is 0 Å². The summed E-state index contributed by atoms with van der Waals surface area (Å²) in [5.41, 5.74) is 0.808. The minimum Gasteiger partial charge on any atom is -0.394 e. The highest BCUT2D eigenvalue weighted by atomic mass is 16.6. The lowest BCUT2D eigenvalue weighted by Crippen LogP contribution is -2.51. The molecule has 3 aliphatic rings. The average Bonchev–Trinajstić information content (AvgIpc) is 2.74. The van der Waals surface area contributed by atoms with E-state index in [1.165, 1.54) is 0 Å². The maximum atomic E-state index is 10.0. The van der Waals surface area contributed by atoms with E-state index < -0.39 is 24.5 Å². The molecule has 0 aromatic carbocycles. The van der Waals surface area contributed by atoms with E-state index in [1.54, 1.807) is 29.8 Å². The first-order chi connectivity index (χ1) is 9.22. The Morgan fingerprint density at radius 2 is 2.21 bits per heavy atom. The number of rotatable bonds is 2. The summed E-state index contributed by atoms with van der Waals surface area (Å²) >= 11 is 0. The number of aliphatic hydroxyl groups is 3.